The van der Waals surface area contributed by atoms with E-state index in [9.17, 15) is 5.48 Å². The SMILES string of the molecule is [2H]c1c([2H])c([2H])c2c(c1[2H])c1c([2H])c(-n3c4c([2H])c([2H])c([2H])c([2H])c4c4c([2H])c([2H])c([2H])c([2H])c43)cc([2H])c1n2-c1cccc(-c2ccccc2-n2c3c([2H])c([2H])c([2H])c([2H])c3c3c([2H])c([2H])c([2H])c([2H])c32)c1. The minimum Gasteiger partial charge on any atom is -0.309 e. The van der Waals surface area contributed by atoms with E-state index in [1.807, 2.05) is 0 Å². The molecule has 11 aromatic rings. The number of rotatable bonds is 4. The fourth-order valence-electron chi connectivity index (χ4n) is 6.98. The molecule has 0 amide bonds. The Morgan fingerprint density at radius 3 is 1.37 bits per heavy atom. The van der Waals surface area contributed by atoms with E-state index in [0.29, 0.717) is 11.1 Å². The second-order valence-corrected chi connectivity index (χ2v) is 11.7. The van der Waals surface area contributed by atoms with Crippen molar-refractivity contribution in [2.75, 3.05) is 0 Å². The third-order valence-corrected chi connectivity index (χ3v) is 9.07. The fraction of sp³-hybridized carbons (Fsp3) is 0. The minimum absolute atomic E-state index is 0.111. The normalized spacial score (nSPS) is 18.0. The molecule has 0 bridgehead atoms. The number of aromatic nitrogens is 3. The fourth-order valence-corrected chi connectivity index (χ4v) is 6.98. The van der Waals surface area contributed by atoms with Gasteiger partial charge in [0.05, 0.1) is 68.9 Å². The lowest BCUT2D eigenvalue weighted by Gasteiger charge is -2.15. The van der Waals surface area contributed by atoms with Crippen molar-refractivity contribution >= 4 is 65.4 Å². The monoisotopic (exact) mass is 671 g/mol. The number of hydrogen-bond acceptors (Lipinski definition) is 0. The van der Waals surface area contributed by atoms with Crippen LogP contribution in [0.1, 0.15) is 30.2 Å². The predicted octanol–water partition coefficient (Wildman–Crippen LogP) is 12.6. The van der Waals surface area contributed by atoms with Crippen molar-refractivity contribution in [3.8, 4) is 28.2 Å². The van der Waals surface area contributed by atoms with E-state index in [1.54, 1.807) is 48.5 Å². The van der Waals surface area contributed by atoms with Gasteiger partial charge in [0.15, 0.2) is 0 Å². The maximum atomic E-state index is 9.93. The Balaban J connectivity index is 1.25. The molecule has 0 aliphatic carbocycles. The smallest absolute Gasteiger partial charge is 0.0652 e. The Morgan fingerprint density at radius 1 is 0.353 bits per heavy atom. The molecule has 0 N–H and O–H groups in total. The summed E-state index contributed by atoms with van der Waals surface area (Å²) in [6.45, 7) is 0. The first kappa shape index (κ1) is 14.2. The van der Waals surface area contributed by atoms with Gasteiger partial charge in [-0.25, -0.2) is 0 Å². The molecular formula is C48H31N3. The zero-order valence-corrected chi connectivity index (χ0v) is 26.0. The van der Waals surface area contributed by atoms with Gasteiger partial charge in [0, 0.05) is 49.3 Å². The standard InChI is InChI=1S/C48H31N3/c1-7-22-42(51-46-26-11-4-19-38(46)39-20-5-12-27-47(39)51)35(16-1)32-14-13-15-33(30-32)49-45-25-10-6-21-40(45)41-31-34(28-29-48(41)49)50-43-23-8-2-17-36(43)37-18-3-9-24-44(37)50/h1-31H/i2D,3D,4D,5D,6D,8D,9D,10D,11D,12D,17D,18D,19D,20D,21D,23D,24D,25D,26D,27D,29D,31D. The van der Waals surface area contributed by atoms with Crippen LogP contribution in [0, 0.1) is 0 Å². The maximum Gasteiger partial charge on any atom is 0.0652 e. The Bertz CT molecular complexity index is 4260. The van der Waals surface area contributed by atoms with Gasteiger partial charge in [-0.15, -0.1) is 0 Å². The molecule has 0 fully saturated rings. The van der Waals surface area contributed by atoms with Gasteiger partial charge < -0.3 is 13.7 Å². The van der Waals surface area contributed by atoms with E-state index in [-0.39, 0.29) is 82.5 Å². The quantitative estimate of drug-likeness (QED) is 0.177. The molecule has 0 unspecified atom stereocenters. The van der Waals surface area contributed by atoms with E-state index in [2.05, 4.69) is 0 Å². The van der Waals surface area contributed by atoms with Crippen molar-refractivity contribution < 1.29 is 30.2 Å². The van der Waals surface area contributed by atoms with Gasteiger partial charge in [0.25, 0.3) is 0 Å². The summed E-state index contributed by atoms with van der Waals surface area (Å²) in [5, 5.41) is -1.24. The predicted molar refractivity (Wildman–Crippen MR) is 215 cm³/mol. The maximum absolute atomic E-state index is 9.93. The molecule has 238 valence electrons. The van der Waals surface area contributed by atoms with E-state index >= 15 is 0 Å². The summed E-state index contributed by atoms with van der Waals surface area (Å²) >= 11 is 0. The first-order valence-corrected chi connectivity index (χ1v) is 15.7. The van der Waals surface area contributed by atoms with Crippen LogP contribution in [0.3, 0.4) is 0 Å². The van der Waals surface area contributed by atoms with Crippen LogP contribution in [0.15, 0.2) is 188 Å². The molecule has 3 nitrogen and oxygen atoms in total. The Morgan fingerprint density at radius 2 is 0.804 bits per heavy atom. The molecule has 11 rings (SSSR count). The summed E-state index contributed by atoms with van der Waals surface area (Å²) in [7, 11) is 0. The van der Waals surface area contributed by atoms with Crippen molar-refractivity contribution in [1.29, 1.82) is 0 Å². The zero-order valence-electron chi connectivity index (χ0n) is 48.0. The molecule has 0 radical (unpaired) electrons. The number of fused-ring (bicyclic) bond motifs is 9. The van der Waals surface area contributed by atoms with Crippen LogP contribution in [0.2, 0.25) is 0 Å². The third kappa shape index (κ3) is 4.06. The molecule has 0 spiro atoms. The summed E-state index contributed by atoms with van der Waals surface area (Å²) in [5.41, 5.74) is -0.342. The number of benzene rings is 8. The van der Waals surface area contributed by atoms with Crippen molar-refractivity contribution in [3.63, 3.8) is 0 Å². The van der Waals surface area contributed by atoms with Crippen LogP contribution in [0.5, 0.6) is 0 Å². The van der Waals surface area contributed by atoms with E-state index in [0.717, 1.165) is 10.6 Å². The summed E-state index contributed by atoms with van der Waals surface area (Å²) in [6.07, 6.45) is 0. The molecule has 51 heavy (non-hydrogen) atoms. The van der Waals surface area contributed by atoms with Gasteiger partial charge >= 0.3 is 0 Å². The highest BCUT2D eigenvalue weighted by molar-refractivity contribution is 6.13. The van der Waals surface area contributed by atoms with Crippen LogP contribution < -0.4 is 0 Å². The first-order valence-electron chi connectivity index (χ1n) is 26.7. The second-order valence-electron chi connectivity index (χ2n) is 11.7. The molecule has 3 heteroatoms. The molecule has 0 saturated carbocycles. The molecule has 3 heterocycles. The third-order valence-electron chi connectivity index (χ3n) is 9.07. The average molecular weight is 672 g/mol. The minimum atomic E-state index is -0.713. The van der Waals surface area contributed by atoms with Gasteiger partial charge in [-0.05, 0) is 72.1 Å². The first-order chi connectivity index (χ1) is 34.5. The van der Waals surface area contributed by atoms with Crippen molar-refractivity contribution in [1.82, 2.24) is 13.7 Å². The van der Waals surface area contributed by atoms with Gasteiger partial charge in [-0.3, -0.25) is 0 Å². The lowest BCUT2D eigenvalue weighted by molar-refractivity contribution is 1.16. The van der Waals surface area contributed by atoms with Gasteiger partial charge in [-0.2, -0.15) is 0 Å². The molecule has 3 aromatic heterocycles. The topological polar surface area (TPSA) is 14.8 Å². The molecule has 8 aromatic carbocycles. The van der Waals surface area contributed by atoms with Crippen LogP contribution in [0.4, 0.5) is 0 Å². The van der Waals surface area contributed by atoms with Crippen LogP contribution in [-0.4, -0.2) is 13.7 Å². The molecule has 0 aliphatic rings. The van der Waals surface area contributed by atoms with E-state index in [4.69, 9.17) is 24.7 Å². The van der Waals surface area contributed by atoms with Gasteiger partial charge in [-0.1, -0.05) is 121 Å². The molecule has 0 saturated heterocycles. The number of para-hydroxylation sites is 6. The van der Waals surface area contributed by atoms with Crippen molar-refractivity contribution in [3.05, 3.63) is 188 Å². The van der Waals surface area contributed by atoms with Crippen LogP contribution >= 0.6 is 0 Å². The average Bonchev–Trinajstić information content (AvgIpc) is 4.06. The Kier molecular flexibility index (Phi) is 3.01. The highest BCUT2D eigenvalue weighted by Crippen LogP contribution is 2.39. The zero-order chi connectivity index (χ0) is 52.6. The number of hydrogen-bond donors (Lipinski definition) is 0. The van der Waals surface area contributed by atoms with Gasteiger partial charge in [0.2, 0.25) is 0 Å². The summed E-state index contributed by atoms with van der Waals surface area (Å²) in [6, 6.07) is 0.898. The summed E-state index contributed by atoms with van der Waals surface area (Å²) < 4.78 is 200. The lowest BCUT2D eigenvalue weighted by atomic mass is 10.0. The van der Waals surface area contributed by atoms with Crippen LogP contribution in [0.25, 0.3) is 93.6 Å². The Labute approximate surface area is 325 Å². The lowest BCUT2D eigenvalue weighted by Crippen LogP contribution is -1.98. The van der Waals surface area contributed by atoms with Crippen LogP contribution in [-0.2, 0) is 0 Å². The molecule has 0 atom stereocenters. The summed E-state index contributed by atoms with van der Waals surface area (Å²) in [5.74, 6) is 0. The molecule has 0 aliphatic heterocycles. The second kappa shape index (κ2) is 10.8. The number of nitrogens with zero attached hydrogens (tertiary/aromatic N) is 3. The van der Waals surface area contributed by atoms with E-state index in [1.165, 1.54) is 9.13 Å². The largest absolute Gasteiger partial charge is 0.309 e. The molecular weight excluding hydrogens is 619 g/mol. The Hall–Kier alpha value is -6.84. The van der Waals surface area contributed by atoms with E-state index < -0.39 is 133 Å². The summed E-state index contributed by atoms with van der Waals surface area (Å²) in [4.78, 5) is 0. The highest BCUT2D eigenvalue weighted by atomic mass is 15.0. The van der Waals surface area contributed by atoms with Gasteiger partial charge in [0.1, 0.15) is 0 Å². The highest BCUT2D eigenvalue weighted by Gasteiger charge is 2.18. The van der Waals surface area contributed by atoms with Crippen molar-refractivity contribution in [2.24, 2.45) is 0 Å². The van der Waals surface area contributed by atoms with Crippen molar-refractivity contribution in [2.45, 2.75) is 0 Å².